The van der Waals surface area contributed by atoms with E-state index >= 15 is 0 Å². The van der Waals surface area contributed by atoms with Gasteiger partial charge in [0.1, 0.15) is 29.0 Å². The lowest BCUT2D eigenvalue weighted by Crippen LogP contribution is -2.37. The molecule has 1 atom stereocenters. The third-order valence-corrected chi connectivity index (χ3v) is 4.71. The summed E-state index contributed by atoms with van der Waals surface area (Å²) in [7, 11) is 0. The normalized spacial score (nSPS) is 16.8. The summed E-state index contributed by atoms with van der Waals surface area (Å²) in [6, 6.07) is 10.7. The Balaban J connectivity index is 1.40. The van der Waals surface area contributed by atoms with Crippen molar-refractivity contribution in [2.24, 2.45) is 0 Å². The van der Waals surface area contributed by atoms with Gasteiger partial charge in [-0.05, 0) is 30.7 Å². The minimum absolute atomic E-state index is 0.268. The highest BCUT2D eigenvalue weighted by molar-refractivity contribution is 5.58. The van der Waals surface area contributed by atoms with E-state index in [0.29, 0.717) is 23.9 Å². The van der Waals surface area contributed by atoms with Gasteiger partial charge in [-0.2, -0.15) is 0 Å². The summed E-state index contributed by atoms with van der Waals surface area (Å²) < 4.78 is 21.9. The van der Waals surface area contributed by atoms with Gasteiger partial charge in [-0.3, -0.25) is 0 Å². The van der Waals surface area contributed by atoms with Gasteiger partial charge in [0.25, 0.3) is 0 Å². The van der Waals surface area contributed by atoms with Crippen molar-refractivity contribution < 1.29 is 8.81 Å². The van der Waals surface area contributed by atoms with Gasteiger partial charge in [-0.1, -0.05) is 19.1 Å². The quantitative estimate of drug-likeness (QED) is 0.774. The molecule has 0 saturated heterocycles. The number of nitrogens with one attached hydrogen (secondary N) is 1. The van der Waals surface area contributed by atoms with Crippen molar-refractivity contribution >= 4 is 0 Å². The summed E-state index contributed by atoms with van der Waals surface area (Å²) in [5, 5.41) is 12.0. The summed E-state index contributed by atoms with van der Waals surface area (Å²) in [6.07, 6.45) is 2.86. The van der Waals surface area contributed by atoms with E-state index in [-0.39, 0.29) is 5.82 Å². The fourth-order valence-electron chi connectivity index (χ4n) is 3.33. The van der Waals surface area contributed by atoms with Gasteiger partial charge in [0, 0.05) is 25.4 Å². The Kier molecular flexibility index (Phi) is 4.36. The number of hydrogen-bond donors (Lipinski definition) is 1. The molecule has 1 N–H and O–H groups in total. The van der Waals surface area contributed by atoms with Crippen LogP contribution in [-0.2, 0) is 25.9 Å². The predicted molar refractivity (Wildman–Crippen MR) is 92.5 cm³/mol. The molecule has 6 heteroatoms. The molecule has 0 spiro atoms. The maximum Gasteiger partial charge on any atom is 0.137 e. The predicted octanol–water partition coefficient (Wildman–Crippen LogP) is 3.34. The second-order valence-electron chi connectivity index (χ2n) is 6.36. The lowest BCUT2D eigenvalue weighted by Gasteiger charge is -2.25. The van der Waals surface area contributed by atoms with E-state index in [0.717, 1.165) is 43.2 Å². The zero-order valence-corrected chi connectivity index (χ0v) is 14.2. The monoisotopic (exact) mass is 340 g/mol. The number of nitrogens with zero attached hydrogens (tertiary/aromatic N) is 3. The molecule has 0 bridgehead atoms. The minimum atomic E-state index is -0.268. The van der Waals surface area contributed by atoms with E-state index < -0.39 is 0 Å². The van der Waals surface area contributed by atoms with Gasteiger partial charge < -0.3 is 14.3 Å². The van der Waals surface area contributed by atoms with Crippen LogP contribution < -0.4 is 5.32 Å². The maximum atomic E-state index is 13.9. The van der Waals surface area contributed by atoms with Gasteiger partial charge in [-0.15, -0.1) is 10.2 Å². The van der Waals surface area contributed by atoms with E-state index in [9.17, 15) is 4.39 Å². The van der Waals surface area contributed by atoms with E-state index in [2.05, 4.69) is 27.0 Å². The standard InChI is InChI=1S/C19H21FN4O/c1-2-18-22-23-19-10-7-13(12-24(18)19)21-11-14-8-9-17(25-14)15-5-3-4-6-16(15)20/h3-6,8-9,13,21H,2,7,10-12H2,1H3/t13-/m1/s1. The topological polar surface area (TPSA) is 55.9 Å². The largest absolute Gasteiger partial charge is 0.460 e. The number of rotatable bonds is 5. The summed E-state index contributed by atoms with van der Waals surface area (Å²) >= 11 is 0. The molecule has 0 unspecified atom stereocenters. The minimum Gasteiger partial charge on any atom is -0.460 e. The summed E-state index contributed by atoms with van der Waals surface area (Å²) in [5.74, 6) is 3.23. The maximum absolute atomic E-state index is 13.9. The molecule has 1 aliphatic rings. The van der Waals surface area contributed by atoms with Gasteiger partial charge in [0.2, 0.25) is 0 Å². The van der Waals surface area contributed by atoms with Gasteiger partial charge >= 0.3 is 0 Å². The van der Waals surface area contributed by atoms with Crippen LogP contribution >= 0.6 is 0 Å². The smallest absolute Gasteiger partial charge is 0.137 e. The van der Waals surface area contributed by atoms with E-state index in [4.69, 9.17) is 4.42 Å². The van der Waals surface area contributed by atoms with Crippen LogP contribution in [-0.4, -0.2) is 20.8 Å². The van der Waals surface area contributed by atoms with Crippen molar-refractivity contribution in [1.82, 2.24) is 20.1 Å². The SMILES string of the molecule is CCc1nnc2n1C[C@H](NCc1ccc(-c3ccccc3F)o1)CC2. The first-order chi connectivity index (χ1) is 12.2. The van der Waals surface area contributed by atoms with Crippen molar-refractivity contribution in [1.29, 1.82) is 0 Å². The Hall–Kier alpha value is -2.47. The summed E-state index contributed by atoms with van der Waals surface area (Å²) in [6.45, 7) is 3.60. The molecule has 1 aliphatic heterocycles. The summed E-state index contributed by atoms with van der Waals surface area (Å²) in [5.41, 5.74) is 0.494. The Bertz CT molecular complexity index is 856. The molecule has 2 aromatic heterocycles. The van der Waals surface area contributed by atoms with Crippen LogP contribution in [0, 0.1) is 5.82 Å². The van der Waals surface area contributed by atoms with Crippen LogP contribution in [0.25, 0.3) is 11.3 Å². The van der Waals surface area contributed by atoms with Gasteiger partial charge in [-0.25, -0.2) is 4.39 Å². The van der Waals surface area contributed by atoms with Crippen LogP contribution in [0.5, 0.6) is 0 Å². The van der Waals surface area contributed by atoms with Crippen LogP contribution in [0.2, 0.25) is 0 Å². The molecule has 0 radical (unpaired) electrons. The molecule has 5 nitrogen and oxygen atoms in total. The zero-order valence-electron chi connectivity index (χ0n) is 14.2. The lowest BCUT2D eigenvalue weighted by atomic mass is 10.1. The van der Waals surface area contributed by atoms with Crippen LogP contribution in [0.3, 0.4) is 0 Å². The third kappa shape index (κ3) is 3.22. The number of aryl methyl sites for hydroxylation is 2. The van der Waals surface area contributed by atoms with E-state index in [1.54, 1.807) is 12.1 Å². The fourth-order valence-corrected chi connectivity index (χ4v) is 3.33. The van der Waals surface area contributed by atoms with Gasteiger partial charge in [0.15, 0.2) is 0 Å². The second-order valence-corrected chi connectivity index (χ2v) is 6.36. The highest BCUT2D eigenvalue weighted by atomic mass is 19.1. The Labute approximate surface area is 145 Å². The average molecular weight is 340 g/mol. The molecule has 1 aromatic carbocycles. The lowest BCUT2D eigenvalue weighted by molar-refractivity contribution is 0.358. The number of benzene rings is 1. The number of fused-ring (bicyclic) bond motifs is 1. The first-order valence-corrected chi connectivity index (χ1v) is 8.72. The molecule has 0 amide bonds. The molecule has 0 aliphatic carbocycles. The van der Waals surface area contributed by atoms with E-state index in [1.165, 1.54) is 6.07 Å². The highest BCUT2D eigenvalue weighted by Crippen LogP contribution is 2.25. The molecule has 0 saturated carbocycles. The number of aromatic nitrogens is 3. The van der Waals surface area contributed by atoms with Crippen molar-refractivity contribution in [3.8, 4) is 11.3 Å². The van der Waals surface area contributed by atoms with Gasteiger partial charge in [0.05, 0.1) is 12.1 Å². The molecule has 4 rings (SSSR count). The first-order valence-electron chi connectivity index (χ1n) is 8.72. The molecule has 3 aromatic rings. The van der Waals surface area contributed by atoms with Crippen LogP contribution in [0.1, 0.15) is 30.8 Å². The highest BCUT2D eigenvalue weighted by Gasteiger charge is 2.22. The van der Waals surface area contributed by atoms with Crippen molar-refractivity contribution in [2.75, 3.05) is 0 Å². The molecule has 130 valence electrons. The number of halogens is 1. The second kappa shape index (κ2) is 6.80. The third-order valence-electron chi connectivity index (χ3n) is 4.71. The zero-order chi connectivity index (χ0) is 17.2. The molecular formula is C19H21FN4O. The van der Waals surface area contributed by atoms with Crippen molar-refractivity contribution in [2.45, 2.75) is 45.3 Å². The number of hydrogen-bond acceptors (Lipinski definition) is 4. The van der Waals surface area contributed by atoms with E-state index in [1.807, 2.05) is 18.2 Å². The average Bonchev–Trinajstić information content (AvgIpc) is 3.26. The fraction of sp³-hybridized carbons (Fsp3) is 0.368. The first kappa shape index (κ1) is 16.0. The Morgan fingerprint density at radius 2 is 2.12 bits per heavy atom. The molecule has 0 fully saturated rings. The summed E-state index contributed by atoms with van der Waals surface area (Å²) in [4.78, 5) is 0. The van der Waals surface area contributed by atoms with Crippen LogP contribution in [0.4, 0.5) is 4.39 Å². The Morgan fingerprint density at radius 3 is 2.96 bits per heavy atom. The molecule has 3 heterocycles. The van der Waals surface area contributed by atoms with Crippen LogP contribution in [0.15, 0.2) is 40.8 Å². The Morgan fingerprint density at radius 1 is 1.24 bits per heavy atom. The number of furan rings is 1. The molecular weight excluding hydrogens is 319 g/mol. The van der Waals surface area contributed by atoms with Crippen molar-refractivity contribution in [3.05, 3.63) is 59.6 Å². The molecule has 25 heavy (non-hydrogen) atoms. The van der Waals surface area contributed by atoms with Crippen molar-refractivity contribution in [3.63, 3.8) is 0 Å².